The van der Waals surface area contributed by atoms with Crippen LogP contribution in [-0.4, -0.2) is 13.2 Å². The maximum absolute atomic E-state index is 12.8. The van der Waals surface area contributed by atoms with Crippen molar-refractivity contribution in [3.8, 4) is 16.9 Å². The minimum absolute atomic E-state index is 0.405. The standard InChI is InChI=1S/C16H16F3NO/c1-11-9-14(21-8-7-20)5-6-15(11)12-3-2-4-13(10-12)16(17,18)19/h2-6,9-10H,7-8,20H2,1H3. The van der Waals surface area contributed by atoms with Crippen LogP contribution in [0.2, 0.25) is 0 Å². The summed E-state index contributed by atoms with van der Waals surface area (Å²) in [6, 6.07) is 10.6. The Kier molecular flexibility index (Phi) is 4.53. The molecule has 0 saturated heterocycles. The first-order chi connectivity index (χ1) is 9.91. The number of benzene rings is 2. The van der Waals surface area contributed by atoms with Gasteiger partial charge in [0.1, 0.15) is 12.4 Å². The van der Waals surface area contributed by atoms with Crippen LogP contribution in [0.3, 0.4) is 0 Å². The first-order valence-electron chi connectivity index (χ1n) is 6.53. The maximum Gasteiger partial charge on any atom is 0.416 e. The number of ether oxygens (including phenoxy) is 1. The van der Waals surface area contributed by atoms with Crippen molar-refractivity contribution in [2.75, 3.05) is 13.2 Å². The molecule has 2 N–H and O–H groups in total. The predicted octanol–water partition coefficient (Wildman–Crippen LogP) is 4.02. The summed E-state index contributed by atoms with van der Waals surface area (Å²) in [6.07, 6.45) is -4.34. The molecule has 0 atom stereocenters. The zero-order valence-electron chi connectivity index (χ0n) is 11.6. The SMILES string of the molecule is Cc1cc(OCCN)ccc1-c1cccc(C(F)(F)F)c1. The molecule has 0 aliphatic heterocycles. The van der Waals surface area contributed by atoms with Gasteiger partial charge in [0.2, 0.25) is 0 Å². The van der Waals surface area contributed by atoms with Gasteiger partial charge in [0, 0.05) is 6.54 Å². The molecule has 2 aromatic carbocycles. The fourth-order valence-corrected chi connectivity index (χ4v) is 2.09. The molecule has 0 aliphatic carbocycles. The molecule has 2 rings (SSSR count). The van der Waals surface area contributed by atoms with Gasteiger partial charge in [-0.05, 0) is 47.9 Å². The van der Waals surface area contributed by atoms with E-state index in [4.69, 9.17) is 10.5 Å². The molecule has 0 amide bonds. The molecular formula is C16H16F3NO. The van der Waals surface area contributed by atoms with Crippen LogP contribution in [-0.2, 0) is 6.18 Å². The van der Waals surface area contributed by atoms with Crippen LogP contribution >= 0.6 is 0 Å². The molecule has 0 bridgehead atoms. The number of hydrogen-bond acceptors (Lipinski definition) is 2. The van der Waals surface area contributed by atoms with Gasteiger partial charge in [-0.15, -0.1) is 0 Å². The number of halogens is 3. The van der Waals surface area contributed by atoms with Gasteiger partial charge in [-0.2, -0.15) is 13.2 Å². The lowest BCUT2D eigenvalue weighted by molar-refractivity contribution is -0.137. The second kappa shape index (κ2) is 6.18. The van der Waals surface area contributed by atoms with E-state index >= 15 is 0 Å². The summed E-state index contributed by atoms with van der Waals surface area (Å²) in [5.41, 5.74) is 6.85. The summed E-state index contributed by atoms with van der Waals surface area (Å²) in [7, 11) is 0. The lowest BCUT2D eigenvalue weighted by Crippen LogP contribution is -2.10. The summed E-state index contributed by atoms with van der Waals surface area (Å²) >= 11 is 0. The number of nitrogens with two attached hydrogens (primary N) is 1. The Labute approximate surface area is 121 Å². The fourth-order valence-electron chi connectivity index (χ4n) is 2.09. The monoisotopic (exact) mass is 295 g/mol. The summed E-state index contributed by atoms with van der Waals surface area (Å²) in [5.74, 6) is 0.661. The normalized spacial score (nSPS) is 11.5. The van der Waals surface area contributed by atoms with E-state index in [1.165, 1.54) is 6.07 Å². The lowest BCUT2D eigenvalue weighted by Gasteiger charge is -2.12. The van der Waals surface area contributed by atoms with Crippen molar-refractivity contribution >= 4 is 0 Å². The van der Waals surface area contributed by atoms with E-state index in [0.29, 0.717) is 24.5 Å². The van der Waals surface area contributed by atoms with E-state index in [-0.39, 0.29) is 0 Å². The van der Waals surface area contributed by atoms with Gasteiger partial charge in [0.05, 0.1) is 5.56 Å². The molecule has 5 heteroatoms. The van der Waals surface area contributed by atoms with Crippen molar-refractivity contribution in [2.45, 2.75) is 13.1 Å². The third-order valence-electron chi connectivity index (χ3n) is 3.09. The summed E-state index contributed by atoms with van der Waals surface area (Å²) in [5, 5.41) is 0. The molecule has 21 heavy (non-hydrogen) atoms. The molecule has 0 spiro atoms. The summed E-state index contributed by atoms with van der Waals surface area (Å²) < 4.78 is 43.7. The van der Waals surface area contributed by atoms with Crippen LogP contribution in [0.4, 0.5) is 13.2 Å². The average Bonchev–Trinajstić information content (AvgIpc) is 2.44. The Bertz CT molecular complexity index is 623. The predicted molar refractivity (Wildman–Crippen MR) is 76.2 cm³/mol. The Hall–Kier alpha value is -2.01. The second-order valence-electron chi connectivity index (χ2n) is 4.69. The van der Waals surface area contributed by atoms with Gasteiger partial charge in [-0.1, -0.05) is 18.2 Å². The van der Waals surface area contributed by atoms with Crippen molar-refractivity contribution < 1.29 is 17.9 Å². The van der Waals surface area contributed by atoms with Gasteiger partial charge in [-0.25, -0.2) is 0 Å². The van der Waals surface area contributed by atoms with Crippen molar-refractivity contribution in [3.63, 3.8) is 0 Å². The largest absolute Gasteiger partial charge is 0.492 e. The summed E-state index contributed by atoms with van der Waals surface area (Å²) in [4.78, 5) is 0. The Morgan fingerprint density at radius 3 is 2.48 bits per heavy atom. The van der Waals surface area contributed by atoms with Gasteiger partial charge in [0.15, 0.2) is 0 Å². The molecule has 0 saturated carbocycles. The van der Waals surface area contributed by atoms with Gasteiger partial charge in [0.25, 0.3) is 0 Å². The van der Waals surface area contributed by atoms with Gasteiger partial charge < -0.3 is 10.5 Å². The highest BCUT2D eigenvalue weighted by molar-refractivity contribution is 5.68. The van der Waals surface area contributed by atoms with Crippen LogP contribution in [0.15, 0.2) is 42.5 Å². The second-order valence-corrected chi connectivity index (χ2v) is 4.69. The number of hydrogen-bond donors (Lipinski definition) is 1. The molecule has 0 fully saturated rings. The highest BCUT2D eigenvalue weighted by atomic mass is 19.4. The third kappa shape index (κ3) is 3.76. The van der Waals surface area contributed by atoms with E-state index in [1.54, 1.807) is 24.3 Å². The van der Waals surface area contributed by atoms with E-state index in [0.717, 1.165) is 23.3 Å². The van der Waals surface area contributed by atoms with Crippen LogP contribution in [0.5, 0.6) is 5.75 Å². The topological polar surface area (TPSA) is 35.2 Å². The quantitative estimate of drug-likeness (QED) is 0.924. The van der Waals surface area contributed by atoms with Gasteiger partial charge in [-0.3, -0.25) is 0 Å². The highest BCUT2D eigenvalue weighted by Gasteiger charge is 2.30. The van der Waals surface area contributed by atoms with E-state index in [2.05, 4.69) is 0 Å². The maximum atomic E-state index is 12.8. The number of aryl methyl sites for hydroxylation is 1. The average molecular weight is 295 g/mol. The molecule has 0 heterocycles. The van der Waals surface area contributed by atoms with Crippen LogP contribution in [0.25, 0.3) is 11.1 Å². The molecule has 0 radical (unpaired) electrons. The van der Waals surface area contributed by atoms with Crippen molar-refractivity contribution in [2.24, 2.45) is 5.73 Å². The Morgan fingerprint density at radius 2 is 1.86 bits per heavy atom. The summed E-state index contributed by atoms with van der Waals surface area (Å²) in [6.45, 7) is 2.65. The molecule has 2 nitrogen and oxygen atoms in total. The van der Waals surface area contributed by atoms with E-state index < -0.39 is 11.7 Å². The van der Waals surface area contributed by atoms with E-state index in [9.17, 15) is 13.2 Å². The molecule has 112 valence electrons. The van der Waals surface area contributed by atoms with Gasteiger partial charge >= 0.3 is 6.18 Å². The molecular weight excluding hydrogens is 279 g/mol. The first kappa shape index (κ1) is 15.4. The van der Waals surface area contributed by atoms with Crippen molar-refractivity contribution in [3.05, 3.63) is 53.6 Å². The lowest BCUT2D eigenvalue weighted by atomic mass is 9.98. The molecule has 0 aliphatic rings. The molecule has 2 aromatic rings. The zero-order valence-corrected chi connectivity index (χ0v) is 11.6. The van der Waals surface area contributed by atoms with Crippen molar-refractivity contribution in [1.29, 1.82) is 0 Å². The van der Waals surface area contributed by atoms with Crippen LogP contribution < -0.4 is 10.5 Å². The van der Waals surface area contributed by atoms with Crippen molar-refractivity contribution in [1.82, 2.24) is 0 Å². The molecule has 0 unspecified atom stereocenters. The minimum atomic E-state index is -4.34. The third-order valence-corrected chi connectivity index (χ3v) is 3.09. The molecule has 0 aromatic heterocycles. The van der Waals surface area contributed by atoms with Crippen LogP contribution in [0.1, 0.15) is 11.1 Å². The zero-order chi connectivity index (χ0) is 15.5. The highest BCUT2D eigenvalue weighted by Crippen LogP contribution is 2.33. The Morgan fingerprint density at radius 1 is 1.10 bits per heavy atom. The minimum Gasteiger partial charge on any atom is -0.492 e. The first-order valence-corrected chi connectivity index (χ1v) is 6.53. The number of alkyl halides is 3. The van der Waals surface area contributed by atoms with Crippen LogP contribution in [0, 0.1) is 6.92 Å². The smallest absolute Gasteiger partial charge is 0.416 e. The Balaban J connectivity index is 2.34. The van der Waals surface area contributed by atoms with E-state index in [1.807, 2.05) is 6.92 Å². The fraction of sp³-hybridized carbons (Fsp3) is 0.250. The number of rotatable bonds is 4.